The lowest BCUT2D eigenvalue weighted by molar-refractivity contribution is -0.142. The Balaban J connectivity index is 1.23. The summed E-state index contributed by atoms with van der Waals surface area (Å²) in [6.07, 6.45) is 0.393. The summed E-state index contributed by atoms with van der Waals surface area (Å²) in [5, 5.41) is 13.1. The van der Waals surface area contributed by atoms with Crippen LogP contribution in [0.5, 0.6) is 5.75 Å². The summed E-state index contributed by atoms with van der Waals surface area (Å²) in [7, 11) is 0. The third-order valence-electron chi connectivity index (χ3n) is 9.09. The van der Waals surface area contributed by atoms with Crippen LogP contribution in [0.3, 0.4) is 0 Å². The van der Waals surface area contributed by atoms with E-state index in [1.54, 1.807) is 42.1 Å². The number of aliphatic carboxylic acids is 1. The van der Waals surface area contributed by atoms with Crippen LogP contribution in [0, 0.1) is 29.6 Å². The average Bonchev–Trinajstić information content (AvgIpc) is 3.71. The van der Waals surface area contributed by atoms with Gasteiger partial charge in [0.2, 0.25) is 11.8 Å². The molecule has 3 N–H and O–H groups in total. The van der Waals surface area contributed by atoms with Crippen molar-refractivity contribution in [3.05, 3.63) is 73.7 Å². The van der Waals surface area contributed by atoms with E-state index >= 15 is 0 Å². The van der Waals surface area contributed by atoms with Gasteiger partial charge in [0, 0.05) is 38.9 Å². The van der Waals surface area contributed by atoms with Gasteiger partial charge in [-0.3, -0.25) is 28.9 Å². The first-order valence-electron chi connectivity index (χ1n) is 13.9. The van der Waals surface area contributed by atoms with Gasteiger partial charge < -0.3 is 20.1 Å². The number of ether oxygens (including phenoxy) is 1. The molecule has 13 heteroatoms. The number of carboxylic acids is 1. The molecule has 6 unspecified atom stereocenters. The van der Waals surface area contributed by atoms with Gasteiger partial charge in [0.15, 0.2) is 6.61 Å². The largest absolute Gasteiger partial charge is 0.483 e. The van der Waals surface area contributed by atoms with Crippen molar-refractivity contribution in [2.75, 3.05) is 18.5 Å². The monoisotopic (exact) mass is 639 g/mol. The zero-order valence-electron chi connectivity index (χ0n) is 22.5. The molecule has 4 aliphatic rings. The number of carboxylic acid groups (broad SMARTS) is 1. The number of fused-ring (bicyclic) bond motifs is 9. The zero-order valence-corrected chi connectivity index (χ0v) is 24.9. The number of rotatable bonds is 8. The molecule has 2 aromatic carbocycles. The molecule has 2 bridgehead atoms. The summed E-state index contributed by atoms with van der Waals surface area (Å²) in [4.78, 5) is 68.3. The topological polar surface area (TPSA) is 146 Å². The van der Waals surface area contributed by atoms with Crippen molar-refractivity contribution < 1.29 is 29.0 Å². The molecule has 3 heterocycles. The molecule has 1 saturated heterocycles. The molecular formula is C30H26ClN3O7S2. The summed E-state index contributed by atoms with van der Waals surface area (Å²) >= 11 is 9.17. The maximum absolute atomic E-state index is 13.6. The fourth-order valence-corrected chi connectivity index (χ4v) is 10.7. The van der Waals surface area contributed by atoms with E-state index in [9.17, 15) is 24.0 Å². The summed E-state index contributed by atoms with van der Waals surface area (Å²) in [5.41, 5.74) is 1.36. The molecule has 10 nitrogen and oxygen atoms in total. The lowest BCUT2D eigenvalue weighted by Gasteiger charge is -2.43. The van der Waals surface area contributed by atoms with Crippen molar-refractivity contribution in [1.29, 1.82) is 0 Å². The van der Waals surface area contributed by atoms with Crippen LogP contribution in [0.25, 0.3) is 0 Å². The lowest BCUT2D eigenvalue weighted by atomic mass is 9.68. The molecule has 0 spiro atoms. The van der Waals surface area contributed by atoms with Crippen molar-refractivity contribution >= 4 is 64.1 Å². The van der Waals surface area contributed by atoms with Crippen LogP contribution in [-0.4, -0.2) is 57.1 Å². The van der Waals surface area contributed by atoms with Gasteiger partial charge >= 0.3 is 10.8 Å². The van der Waals surface area contributed by atoms with Crippen LogP contribution in [-0.2, 0) is 19.2 Å². The molecular weight excluding hydrogens is 614 g/mol. The normalized spacial score (nSPS) is 28.4. The Morgan fingerprint density at radius 1 is 1.07 bits per heavy atom. The highest BCUT2D eigenvalue weighted by Crippen LogP contribution is 2.69. The quantitative estimate of drug-likeness (QED) is 0.313. The van der Waals surface area contributed by atoms with Gasteiger partial charge in [0.05, 0.1) is 23.3 Å². The van der Waals surface area contributed by atoms with Gasteiger partial charge in [-0.15, -0.1) is 11.8 Å². The number of hydrogen-bond donors (Lipinski definition) is 3. The first kappa shape index (κ1) is 28.2. The highest BCUT2D eigenvalue weighted by molar-refractivity contribution is 8.00. The number of carbonyl (C=O) groups is 4. The first-order valence-corrected chi connectivity index (χ1v) is 16.0. The Bertz CT molecular complexity index is 1710. The SMILES string of the molecule is O=C(O)CCN1C(=O)C2C3CC(C2C1=O)C1C3Sc2[nH]c(=O)sc2[C@@H]1c1cc(Cl)ccc1OCC(=O)Nc1ccccc1. The van der Waals surface area contributed by atoms with E-state index in [2.05, 4.69) is 10.3 Å². The Morgan fingerprint density at radius 2 is 1.81 bits per heavy atom. The van der Waals surface area contributed by atoms with Crippen LogP contribution >= 0.6 is 34.7 Å². The number of likely N-dealkylation sites (tertiary alicyclic amines) is 1. The highest BCUT2D eigenvalue weighted by atomic mass is 35.5. The number of imide groups is 1. The minimum absolute atomic E-state index is 0.0571. The number of halogens is 1. The minimum Gasteiger partial charge on any atom is -0.483 e. The van der Waals surface area contributed by atoms with Crippen molar-refractivity contribution in [3.8, 4) is 5.75 Å². The number of thioether (sulfide) groups is 1. The fraction of sp³-hybridized carbons (Fsp3) is 0.367. The second-order valence-electron chi connectivity index (χ2n) is 11.3. The fourth-order valence-electron chi connectivity index (χ4n) is 7.61. The number of carbonyl (C=O) groups excluding carboxylic acids is 3. The van der Waals surface area contributed by atoms with E-state index in [0.717, 1.165) is 31.7 Å². The molecule has 3 amide bonds. The molecule has 7 rings (SSSR count). The number of aromatic amines is 1. The lowest BCUT2D eigenvalue weighted by Crippen LogP contribution is -2.42. The van der Waals surface area contributed by atoms with Crippen molar-refractivity contribution in [2.45, 2.75) is 29.0 Å². The molecule has 2 aliphatic carbocycles. The van der Waals surface area contributed by atoms with Gasteiger partial charge in [0.25, 0.3) is 5.91 Å². The van der Waals surface area contributed by atoms with Gasteiger partial charge in [-0.05, 0) is 54.5 Å². The number of para-hydroxylation sites is 1. The number of aromatic nitrogens is 1. The van der Waals surface area contributed by atoms with E-state index < -0.39 is 17.8 Å². The molecule has 43 heavy (non-hydrogen) atoms. The Morgan fingerprint density at radius 3 is 2.56 bits per heavy atom. The van der Waals surface area contributed by atoms with Crippen molar-refractivity contribution in [1.82, 2.24) is 9.88 Å². The number of anilines is 1. The molecule has 3 fully saturated rings. The molecule has 2 saturated carbocycles. The summed E-state index contributed by atoms with van der Waals surface area (Å²) in [6.45, 7) is -0.388. The van der Waals surface area contributed by atoms with Crippen molar-refractivity contribution in [3.63, 3.8) is 0 Å². The summed E-state index contributed by atoms with van der Waals surface area (Å²) in [5.74, 6) is -3.30. The van der Waals surface area contributed by atoms with Crippen molar-refractivity contribution in [2.24, 2.45) is 29.6 Å². The smallest absolute Gasteiger partial charge is 0.305 e. The van der Waals surface area contributed by atoms with E-state index in [4.69, 9.17) is 21.4 Å². The second-order valence-corrected chi connectivity index (χ2v) is 14.0. The number of benzene rings is 2. The Kier molecular flexibility index (Phi) is 7.10. The minimum atomic E-state index is -1.07. The predicted molar refractivity (Wildman–Crippen MR) is 159 cm³/mol. The van der Waals surface area contributed by atoms with Gasteiger partial charge in [-0.1, -0.05) is 41.1 Å². The number of amides is 3. The molecule has 7 atom stereocenters. The van der Waals surface area contributed by atoms with Crippen LogP contribution in [0.15, 0.2) is 58.4 Å². The summed E-state index contributed by atoms with van der Waals surface area (Å²) in [6, 6.07) is 14.2. The Hall–Kier alpha value is -3.61. The van der Waals surface area contributed by atoms with Crippen LogP contribution < -0.4 is 14.9 Å². The van der Waals surface area contributed by atoms with E-state index in [1.807, 2.05) is 18.2 Å². The number of nitrogens with one attached hydrogen (secondary N) is 2. The number of nitrogens with zero attached hydrogens (tertiary/aromatic N) is 1. The standard InChI is InChI=1S/C30H26ClN3O7S2/c31-13-6-7-18(41-12-19(35)32-14-4-2-1-3-5-14)15(10-13)21-22-16-11-17(25(22)42-27-26(21)43-30(40)33-27)24-23(16)28(38)34(29(24)39)9-8-20(36)37/h1-7,10,16-17,21-25H,8-9,11-12H2,(H,32,35)(H,33,40)(H,36,37)/t16?,17?,21-,22?,23?,24?,25?/m1/s1. The van der Waals surface area contributed by atoms with E-state index in [1.165, 1.54) is 0 Å². The second kappa shape index (κ2) is 10.8. The molecule has 222 valence electrons. The van der Waals surface area contributed by atoms with Crippen LogP contribution in [0.4, 0.5) is 5.69 Å². The number of thiazole rings is 1. The number of hydrogen-bond acceptors (Lipinski definition) is 8. The third-order valence-corrected chi connectivity index (χ3v) is 11.9. The van der Waals surface area contributed by atoms with Gasteiger partial charge in [-0.2, -0.15) is 0 Å². The van der Waals surface area contributed by atoms with Crippen LogP contribution in [0.1, 0.15) is 29.2 Å². The summed E-state index contributed by atoms with van der Waals surface area (Å²) < 4.78 is 6.08. The molecule has 2 aliphatic heterocycles. The maximum Gasteiger partial charge on any atom is 0.305 e. The van der Waals surface area contributed by atoms with E-state index in [0.29, 0.717) is 22.9 Å². The van der Waals surface area contributed by atoms with Crippen LogP contribution in [0.2, 0.25) is 5.02 Å². The first-order chi connectivity index (χ1) is 20.7. The Labute approximate surface area is 258 Å². The van der Waals surface area contributed by atoms with Gasteiger partial charge in [-0.25, -0.2) is 0 Å². The maximum atomic E-state index is 13.6. The van der Waals surface area contributed by atoms with E-state index in [-0.39, 0.29) is 71.1 Å². The molecule has 3 aromatic rings. The molecule has 1 aromatic heterocycles. The zero-order chi connectivity index (χ0) is 30.0. The van der Waals surface area contributed by atoms with Gasteiger partial charge in [0.1, 0.15) is 5.75 Å². The number of H-pyrrole nitrogens is 1. The highest BCUT2D eigenvalue weighted by Gasteiger charge is 2.69. The predicted octanol–water partition coefficient (Wildman–Crippen LogP) is 4.06. The average molecular weight is 640 g/mol. The third kappa shape index (κ3) is 4.76. The molecule has 0 radical (unpaired) electrons.